The second kappa shape index (κ2) is 5.89. The van der Waals surface area contributed by atoms with Crippen molar-refractivity contribution in [2.45, 2.75) is 13.0 Å². The standard InChI is InChI=1S/C19H19N/c1-2-20-19(16-9-4-3-5-10-16)18-13-12-15-8-6-7-11-17(15)14-18/h3-14,19-20H,2H2,1H3. The maximum Gasteiger partial charge on any atom is 0.0576 e. The van der Waals surface area contributed by atoms with Crippen LogP contribution < -0.4 is 5.32 Å². The van der Waals surface area contributed by atoms with Crippen LogP contribution in [0.25, 0.3) is 10.8 Å². The molecule has 0 heterocycles. The van der Waals surface area contributed by atoms with Crippen molar-refractivity contribution in [2.75, 3.05) is 6.54 Å². The molecule has 1 N–H and O–H groups in total. The minimum atomic E-state index is 0.255. The molecule has 0 aliphatic heterocycles. The molecule has 0 aromatic heterocycles. The lowest BCUT2D eigenvalue weighted by atomic mass is 9.96. The van der Waals surface area contributed by atoms with Crippen LogP contribution in [0.3, 0.4) is 0 Å². The van der Waals surface area contributed by atoms with E-state index in [0.717, 1.165) is 6.54 Å². The molecule has 0 spiro atoms. The van der Waals surface area contributed by atoms with Gasteiger partial charge in [-0.15, -0.1) is 0 Å². The van der Waals surface area contributed by atoms with Crippen LogP contribution in [-0.2, 0) is 0 Å². The fourth-order valence-corrected chi connectivity index (χ4v) is 2.67. The summed E-state index contributed by atoms with van der Waals surface area (Å²) in [5.74, 6) is 0. The molecule has 0 bridgehead atoms. The SMILES string of the molecule is CCNC(c1ccccc1)c1ccc2ccccc2c1. The normalized spacial score (nSPS) is 12.4. The fraction of sp³-hybridized carbons (Fsp3) is 0.158. The predicted octanol–water partition coefficient (Wildman–Crippen LogP) is 4.54. The van der Waals surface area contributed by atoms with Crippen LogP contribution >= 0.6 is 0 Å². The van der Waals surface area contributed by atoms with Gasteiger partial charge in [-0.25, -0.2) is 0 Å². The van der Waals surface area contributed by atoms with Gasteiger partial charge in [-0.3, -0.25) is 0 Å². The Balaban J connectivity index is 2.05. The van der Waals surface area contributed by atoms with E-state index in [1.807, 2.05) is 0 Å². The molecule has 3 rings (SSSR count). The fourth-order valence-electron chi connectivity index (χ4n) is 2.67. The van der Waals surface area contributed by atoms with Gasteiger partial charge in [-0.05, 0) is 34.5 Å². The largest absolute Gasteiger partial charge is 0.307 e. The van der Waals surface area contributed by atoms with Crippen LogP contribution in [0.1, 0.15) is 24.1 Å². The van der Waals surface area contributed by atoms with Crippen molar-refractivity contribution in [3.8, 4) is 0 Å². The molecule has 3 aromatic carbocycles. The van der Waals surface area contributed by atoms with E-state index in [-0.39, 0.29) is 6.04 Å². The summed E-state index contributed by atoms with van der Waals surface area (Å²) in [6.45, 7) is 3.10. The average molecular weight is 261 g/mol. The first-order chi connectivity index (χ1) is 9.88. The summed E-state index contributed by atoms with van der Waals surface area (Å²) in [6.07, 6.45) is 0. The third-order valence-electron chi connectivity index (χ3n) is 3.65. The average Bonchev–Trinajstić information content (AvgIpc) is 2.53. The highest BCUT2D eigenvalue weighted by Gasteiger charge is 2.12. The van der Waals surface area contributed by atoms with E-state index < -0.39 is 0 Å². The molecular weight excluding hydrogens is 242 g/mol. The van der Waals surface area contributed by atoms with Crippen LogP contribution in [0.15, 0.2) is 72.8 Å². The lowest BCUT2D eigenvalue weighted by molar-refractivity contribution is 0.631. The highest BCUT2D eigenvalue weighted by molar-refractivity contribution is 5.83. The molecule has 0 amide bonds. The highest BCUT2D eigenvalue weighted by Crippen LogP contribution is 2.25. The molecule has 0 fully saturated rings. The molecule has 20 heavy (non-hydrogen) atoms. The number of hydrogen-bond donors (Lipinski definition) is 1. The van der Waals surface area contributed by atoms with Crippen molar-refractivity contribution in [2.24, 2.45) is 0 Å². The Morgan fingerprint density at radius 2 is 1.45 bits per heavy atom. The number of nitrogens with one attached hydrogen (secondary N) is 1. The summed E-state index contributed by atoms with van der Waals surface area (Å²) in [7, 11) is 0. The van der Waals surface area contributed by atoms with Crippen molar-refractivity contribution >= 4 is 10.8 Å². The molecule has 0 aliphatic carbocycles. The Morgan fingerprint density at radius 3 is 2.20 bits per heavy atom. The van der Waals surface area contributed by atoms with Gasteiger partial charge in [0.15, 0.2) is 0 Å². The quantitative estimate of drug-likeness (QED) is 0.727. The van der Waals surface area contributed by atoms with Gasteiger partial charge < -0.3 is 5.32 Å². The highest BCUT2D eigenvalue weighted by atomic mass is 14.9. The van der Waals surface area contributed by atoms with Crippen molar-refractivity contribution in [3.63, 3.8) is 0 Å². The van der Waals surface area contributed by atoms with Gasteiger partial charge >= 0.3 is 0 Å². The minimum absolute atomic E-state index is 0.255. The summed E-state index contributed by atoms with van der Waals surface area (Å²) in [4.78, 5) is 0. The van der Waals surface area contributed by atoms with Crippen LogP contribution in [0.4, 0.5) is 0 Å². The summed E-state index contributed by atoms with van der Waals surface area (Å²) in [5, 5.41) is 6.17. The van der Waals surface area contributed by atoms with E-state index in [4.69, 9.17) is 0 Å². The summed E-state index contributed by atoms with van der Waals surface area (Å²) >= 11 is 0. The van der Waals surface area contributed by atoms with E-state index in [1.54, 1.807) is 0 Å². The molecule has 3 aromatic rings. The van der Waals surface area contributed by atoms with Crippen molar-refractivity contribution < 1.29 is 0 Å². The number of rotatable bonds is 4. The Hall–Kier alpha value is -2.12. The molecule has 1 unspecified atom stereocenters. The van der Waals surface area contributed by atoms with Gasteiger partial charge in [-0.1, -0.05) is 73.7 Å². The molecule has 1 nitrogen and oxygen atoms in total. The van der Waals surface area contributed by atoms with E-state index in [2.05, 4.69) is 85.0 Å². The van der Waals surface area contributed by atoms with Crippen molar-refractivity contribution in [3.05, 3.63) is 83.9 Å². The van der Waals surface area contributed by atoms with Crippen molar-refractivity contribution in [1.82, 2.24) is 5.32 Å². The zero-order valence-electron chi connectivity index (χ0n) is 11.7. The smallest absolute Gasteiger partial charge is 0.0576 e. The lowest BCUT2D eigenvalue weighted by Crippen LogP contribution is -2.21. The van der Waals surface area contributed by atoms with Crippen molar-refractivity contribution in [1.29, 1.82) is 0 Å². The van der Waals surface area contributed by atoms with Crippen LogP contribution in [0.2, 0.25) is 0 Å². The molecule has 0 saturated carbocycles. The summed E-state index contributed by atoms with van der Waals surface area (Å²) in [5.41, 5.74) is 2.63. The second-order valence-electron chi connectivity index (χ2n) is 5.01. The molecule has 0 radical (unpaired) electrons. The Labute approximate surface area is 120 Å². The molecular formula is C19H19N. The predicted molar refractivity (Wildman–Crippen MR) is 85.9 cm³/mol. The third kappa shape index (κ3) is 2.59. The topological polar surface area (TPSA) is 12.0 Å². The van der Waals surface area contributed by atoms with Gasteiger partial charge in [0.2, 0.25) is 0 Å². The molecule has 1 atom stereocenters. The van der Waals surface area contributed by atoms with E-state index in [1.165, 1.54) is 21.9 Å². The van der Waals surface area contributed by atoms with Gasteiger partial charge in [-0.2, -0.15) is 0 Å². The monoisotopic (exact) mass is 261 g/mol. The van der Waals surface area contributed by atoms with E-state index >= 15 is 0 Å². The summed E-state index contributed by atoms with van der Waals surface area (Å²) in [6, 6.07) is 26.1. The van der Waals surface area contributed by atoms with Crippen LogP contribution in [0.5, 0.6) is 0 Å². The van der Waals surface area contributed by atoms with E-state index in [9.17, 15) is 0 Å². The molecule has 0 saturated heterocycles. The Bertz CT molecular complexity index is 688. The number of hydrogen-bond acceptors (Lipinski definition) is 1. The zero-order chi connectivity index (χ0) is 13.8. The van der Waals surface area contributed by atoms with Gasteiger partial charge in [0, 0.05) is 0 Å². The number of benzene rings is 3. The van der Waals surface area contributed by atoms with Gasteiger partial charge in [0.05, 0.1) is 6.04 Å². The summed E-state index contributed by atoms with van der Waals surface area (Å²) < 4.78 is 0. The van der Waals surface area contributed by atoms with Gasteiger partial charge in [0.1, 0.15) is 0 Å². The first kappa shape index (κ1) is 12.9. The van der Waals surface area contributed by atoms with Gasteiger partial charge in [0.25, 0.3) is 0 Å². The zero-order valence-corrected chi connectivity index (χ0v) is 11.7. The second-order valence-corrected chi connectivity index (χ2v) is 5.01. The third-order valence-corrected chi connectivity index (χ3v) is 3.65. The van der Waals surface area contributed by atoms with E-state index in [0.29, 0.717) is 0 Å². The maximum atomic E-state index is 3.58. The molecule has 1 heteroatoms. The number of fused-ring (bicyclic) bond motifs is 1. The minimum Gasteiger partial charge on any atom is -0.307 e. The molecule has 100 valence electrons. The first-order valence-corrected chi connectivity index (χ1v) is 7.15. The van der Waals surface area contributed by atoms with Crippen LogP contribution in [0, 0.1) is 0 Å². The Kier molecular flexibility index (Phi) is 3.80. The molecule has 0 aliphatic rings. The Morgan fingerprint density at radius 1 is 0.750 bits per heavy atom. The maximum absolute atomic E-state index is 3.58. The van der Waals surface area contributed by atoms with Crippen LogP contribution in [-0.4, -0.2) is 6.54 Å². The lowest BCUT2D eigenvalue weighted by Gasteiger charge is -2.19. The first-order valence-electron chi connectivity index (χ1n) is 7.15.